The highest BCUT2D eigenvalue weighted by atomic mass is 16.5. The summed E-state index contributed by atoms with van der Waals surface area (Å²) in [5, 5.41) is 23.7. The Morgan fingerprint density at radius 2 is 2.18 bits per heavy atom. The number of nitrogens with zero attached hydrogens (tertiary/aromatic N) is 3. The summed E-state index contributed by atoms with van der Waals surface area (Å²) in [5.41, 5.74) is 1.95. The summed E-state index contributed by atoms with van der Waals surface area (Å²) >= 11 is 0. The molecule has 124 valence electrons. The number of hydrogen-bond acceptors (Lipinski definition) is 5. The Morgan fingerprint density at radius 1 is 1.41 bits per heavy atom. The molecule has 2 N–H and O–H groups in total. The van der Waals surface area contributed by atoms with Crippen LogP contribution in [0.25, 0.3) is 0 Å². The third kappa shape index (κ3) is 3.20. The third-order valence-corrected chi connectivity index (χ3v) is 5.09. The first-order chi connectivity index (χ1) is 10.6. The number of aryl methyl sites for hydroxylation is 1. The van der Waals surface area contributed by atoms with Gasteiger partial charge in [0.2, 0.25) is 0 Å². The quantitative estimate of drug-likeness (QED) is 0.856. The lowest BCUT2D eigenvalue weighted by Gasteiger charge is -2.46. The molecule has 0 bridgehead atoms. The van der Waals surface area contributed by atoms with Gasteiger partial charge in [-0.15, -0.1) is 0 Å². The van der Waals surface area contributed by atoms with Gasteiger partial charge in [-0.2, -0.15) is 5.10 Å². The molecule has 22 heavy (non-hydrogen) atoms. The number of aromatic nitrogens is 2. The first-order valence-electron chi connectivity index (χ1n) is 8.31. The molecule has 0 unspecified atom stereocenters. The highest BCUT2D eigenvalue weighted by Gasteiger charge is 2.43. The fraction of sp³-hybridized carbons (Fsp3) is 0.812. The van der Waals surface area contributed by atoms with E-state index in [0.717, 1.165) is 57.6 Å². The molecule has 0 radical (unpaired) electrons. The highest BCUT2D eigenvalue weighted by molar-refractivity contribution is 5.15. The van der Waals surface area contributed by atoms with Crippen LogP contribution in [-0.2, 0) is 17.8 Å². The van der Waals surface area contributed by atoms with Gasteiger partial charge in [0.15, 0.2) is 0 Å². The van der Waals surface area contributed by atoms with Crippen molar-refractivity contribution in [3.8, 4) is 0 Å². The van der Waals surface area contributed by atoms with Gasteiger partial charge in [-0.25, -0.2) is 0 Å². The molecule has 2 aliphatic rings. The predicted octanol–water partition coefficient (Wildman–Crippen LogP) is 0.690. The Morgan fingerprint density at radius 3 is 2.86 bits per heavy atom. The van der Waals surface area contributed by atoms with Gasteiger partial charge in [0.25, 0.3) is 0 Å². The van der Waals surface area contributed by atoms with Crippen molar-refractivity contribution in [2.45, 2.75) is 57.4 Å². The number of likely N-dealkylation sites (tertiary alicyclic amines) is 1. The van der Waals surface area contributed by atoms with Crippen LogP contribution in [0.4, 0.5) is 0 Å². The predicted molar refractivity (Wildman–Crippen MR) is 82.5 cm³/mol. The van der Waals surface area contributed by atoms with Gasteiger partial charge < -0.3 is 14.9 Å². The molecule has 2 aliphatic heterocycles. The second-order valence-corrected chi connectivity index (χ2v) is 6.57. The van der Waals surface area contributed by atoms with Crippen molar-refractivity contribution in [1.82, 2.24) is 14.7 Å². The number of hydrogen-bond donors (Lipinski definition) is 2. The Bertz CT molecular complexity index is 495. The van der Waals surface area contributed by atoms with Crippen molar-refractivity contribution in [3.05, 3.63) is 17.5 Å². The van der Waals surface area contributed by atoms with E-state index in [2.05, 4.69) is 10.00 Å². The van der Waals surface area contributed by atoms with Crippen LogP contribution < -0.4 is 0 Å². The monoisotopic (exact) mass is 309 g/mol. The van der Waals surface area contributed by atoms with E-state index >= 15 is 0 Å². The van der Waals surface area contributed by atoms with Crippen LogP contribution in [0.2, 0.25) is 0 Å². The molecule has 0 aromatic carbocycles. The Hall–Kier alpha value is -0.950. The van der Waals surface area contributed by atoms with Crippen molar-refractivity contribution in [1.29, 1.82) is 0 Å². The third-order valence-electron chi connectivity index (χ3n) is 5.09. The summed E-state index contributed by atoms with van der Waals surface area (Å²) in [7, 11) is 0. The van der Waals surface area contributed by atoms with E-state index in [9.17, 15) is 5.11 Å². The summed E-state index contributed by atoms with van der Waals surface area (Å²) in [6, 6.07) is 0. The van der Waals surface area contributed by atoms with Gasteiger partial charge in [-0.3, -0.25) is 9.58 Å². The fourth-order valence-corrected chi connectivity index (χ4v) is 3.65. The summed E-state index contributed by atoms with van der Waals surface area (Å²) in [5.74, 6) is 0. The molecule has 0 aliphatic carbocycles. The number of piperidine rings is 1. The van der Waals surface area contributed by atoms with Gasteiger partial charge in [0.1, 0.15) is 0 Å². The van der Waals surface area contributed by atoms with E-state index in [-0.39, 0.29) is 18.3 Å². The largest absolute Gasteiger partial charge is 0.394 e. The first-order valence-corrected chi connectivity index (χ1v) is 8.31. The second-order valence-electron chi connectivity index (χ2n) is 6.57. The highest BCUT2D eigenvalue weighted by Crippen LogP contribution is 2.35. The van der Waals surface area contributed by atoms with Crippen LogP contribution in [0.3, 0.4) is 0 Å². The summed E-state index contributed by atoms with van der Waals surface area (Å²) < 4.78 is 7.77. The van der Waals surface area contributed by atoms with E-state index in [1.54, 1.807) is 0 Å². The van der Waals surface area contributed by atoms with E-state index in [1.807, 2.05) is 17.8 Å². The maximum absolute atomic E-state index is 10.3. The van der Waals surface area contributed by atoms with Crippen molar-refractivity contribution in [2.24, 2.45) is 0 Å². The average molecular weight is 309 g/mol. The maximum Gasteiger partial charge on any atom is 0.0964 e. The van der Waals surface area contributed by atoms with Gasteiger partial charge in [-0.05, 0) is 32.6 Å². The van der Waals surface area contributed by atoms with Crippen LogP contribution >= 0.6 is 0 Å². The van der Waals surface area contributed by atoms with Crippen LogP contribution in [-0.4, -0.2) is 62.9 Å². The number of rotatable bonds is 4. The van der Waals surface area contributed by atoms with Gasteiger partial charge in [-0.1, -0.05) is 0 Å². The number of aliphatic hydroxyl groups is 2. The molecule has 6 heteroatoms. The van der Waals surface area contributed by atoms with E-state index in [4.69, 9.17) is 9.84 Å². The minimum atomic E-state index is -0.308. The smallest absolute Gasteiger partial charge is 0.0964 e. The van der Waals surface area contributed by atoms with Crippen LogP contribution in [0, 0.1) is 6.92 Å². The molecule has 0 saturated carbocycles. The topological polar surface area (TPSA) is 70.8 Å². The average Bonchev–Trinajstić information content (AvgIpc) is 2.85. The molecule has 2 saturated heterocycles. The second kappa shape index (κ2) is 6.66. The normalized spacial score (nSPS) is 25.7. The zero-order valence-electron chi connectivity index (χ0n) is 13.4. The molecule has 3 rings (SSSR count). The van der Waals surface area contributed by atoms with Crippen molar-refractivity contribution >= 4 is 0 Å². The van der Waals surface area contributed by atoms with Gasteiger partial charge in [0.05, 0.1) is 30.6 Å². The molecule has 1 spiro atoms. The lowest BCUT2D eigenvalue weighted by molar-refractivity contribution is -0.177. The zero-order chi connectivity index (χ0) is 15.6. The van der Waals surface area contributed by atoms with Gasteiger partial charge >= 0.3 is 0 Å². The Kier molecular flexibility index (Phi) is 4.82. The van der Waals surface area contributed by atoms with Crippen molar-refractivity contribution < 1.29 is 14.9 Å². The van der Waals surface area contributed by atoms with E-state index in [1.165, 1.54) is 5.56 Å². The van der Waals surface area contributed by atoms with E-state index in [0.29, 0.717) is 6.54 Å². The summed E-state index contributed by atoms with van der Waals surface area (Å²) in [4.78, 5) is 2.41. The number of aliphatic hydroxyl groups excluding tert-OH is 2. The molecule has 0 amide bonds. The number of ether oxygens (including phenoxy) is 1. The standard InChI is InChI=1S/C16H27N3O3/c1-13-14(12-19(17-13)8-9-20)11-18-6-4-16(5-7-18)15(21)3-2-10-22-16/h12,15,20-21H,2-11H2,1H3/t15-/m0/s1. The maximum atomic E-state index is 10.3. The molecule has 1 aromatic rings. The van der Waals surface area contributed by atoms with E-state index < -0.39 is 0 Å². The SMILES string of the molecule is Cc1nn(CCO)cc1CN1CCC2(CC1)OCCC[C@@H]2O. The first kappa shape index (κ1) is 15.9. The lowest BCUT2D eigenvalue weighted by Crippen LogP contribution is -2.55. The van der Waals surface area contributed by atoms with Gasteiger partial charge in [0, 0.05) is 38.0 Å². The molecule has 1 aromatic heterocycles. The minimum Gasteiger partial charge on any atom is -0.394 e. The molecule has 2 fully saturated rings. The van der Waals surface area contributed by atoms with Crippen molar-refractivity contribution in [3.63, 3.8) is 0 Å². The molecule has 1 atom stereocenters. The molecular formula is C16H27N3O3. The zero-order valence-corrected chi connectivity index (χ0v) is 13.4. The fourth-order valence-electron chi connectivity index (χ4n) is 3.65. The van der Waals surface area contributed by atoms with Crippen LogP contribution in [0.15, 0.2) is 6.20 Å². The van der Waals surface area contributed by atoms with Crippen LogP contribution in [0.1, 0.15) is 36.9 Å². The van der Waals surface area contributed by atoms with Crippen molar-refractivity contribution in [2.75, 3.05) is 26.3 Å². The van der Waals surface area contributed by atoms with Crippen LogP contribution in [0.5, 0.6) is 0 Å². The molecular weight excluding hydrogens is 282 g/mol. The Balaban J connectivity index is 1.57. The lowest BCUT2D eigenvalue weighted by atomic mass is 9.82. The minimum absolute atomic E-state index is 0.113. The summed E-state index contributed by atoms with van der Waals surface area (Å²) in [6.45, 7) is 6.23. The summed E-state index contributed by atoms with van der Waals surface area (Å²) in [6.07, 6.45) is 5.36. The molecule has 6 nitrogen and oxygen atoms in total. The Labute approximate surface area is 131 Å². The molecule has 3 heterocycles.